The number of rotatable bonds is 3. The largest absolute Gasteiger partial charge is 0.459 e. The van der Waals surface area contributed by atoms with Crippen LogP contribution in [0.25, 0.3) is 22.1 Å². The molecule has 2 amide bonds. The first-order valence-electron chi connectivity index (χ1n) is 8.95. The van der Waals surface area contributed by atoms with E-state index in [9.17, 15) is 9.59 Å². The minimum absolute atomic E-state index is 0.0423. The standard InChI is InChI=1S/C23H13Cl2NO3/c24-14-9-13-10-15(12-26-22(27)17-6-1-2-7-18(17)23(26)28)29-21(13)19(11-14)16-5-3-4-8-20(16)25/h1-11H,12H2. The van der Waals surface area contributed by atoms with Gasteiger partial charge in [0.25, 0.3) is 11.8 Å². The molecule has 0 atom stereocenters. The van der Waals surface area contributed by atoms with Crippen molar-refractivity contribution in [2.45, 2.75) is 6.54 Å². The molecule has 0 bridgehead atoms. The number of hydrogen-bond donors (Lipinski definition) is 0. The predicted molar refractivity (Wildman–Crippen MR) is 112 cm³/mol. The van der Waals surface area contributed by atoms with E-state index in [0.29, 0.717) is 32.5 Å². The van der Waals surface area contributed by atoms with Gasteiger partial charge in [-0.25, -0.2) is 0 Å². The van der Waals surface area contributed by atoms with Crippen LogP contribution in [0.1, 0.15) is 26.5 Å². The van der Waals surface area contributed by atoms with Crippen molar-refractivity contribution in [3.8, 4) is 11.1 Å². The Balaban J connectivity index is 1.57. The van der Waals surface area contributed by atoms with Gasteiger partial charge in [0.2, 0.25) is 0 Å². The van der Waals surface area contributed by atoms with E-state index in [1.54, 1.807) is 48.5 Å². The van der Waals surface area contributed by atoms with Crippen LogP contribution in [0, 0.1) is 0 Å². The van der Waals surface area contributed by atoms with Gasteiger partial charge in [0.15, 0.2) is 0 Å². The van der Waals surface area contributed by atoms with E-state index in [-0.39, 0.29) is 18.4 Å². The van der Waals surface area contributed by atoms with Crippen LogP contribution in [0.4, 0.5) is 0 Å². The number of benzene rings is 3. The molecule has 0 saturated heterocycles. The number of fused-ring (bicyclic) bond motifs is 2. The highest BCUT2D eigenvalue weighted by molar-refractivity contribution is 6.34. The van der Waals surface area contributed by atoms with Gasteiger partial charge >= 0.3 is 0 Å². The van der Waals surface area contributed by atoms with Crippen LogP contribution in [0.2, 0.25) is 10.0 Å². The van der Waals surface area contributed by atoms with Crippen molar-refractivity contribution in [3.63, 3.8) is 0 Å². The van der Waals surface area contributed by atoms with E-state index < -0.39 is 0 Å². The summed E-state index contributed by atoms with van der Waals surface area (Å²) >= 11 is 12.7. The predicted octanol–water partition coefficient (Wildman–Crippen LogP) is 6.20. The molecule has 0 fully saturated rings. The van der Waals surface area contributed by atoms with Crippen molar-refractivity contribution in [1.82, 2.24) is 4.90 Å². The van der Waals surface area contributed by atoms with Crippen LogP contribution in [-0.2, 0) is 6.54 Å². The number of nitrogens with zero attached hydrogens (tertiary/aromatic N) is 1. The molecule has 3 aromatic carbocycles. The topological polar surface area (TPSA) is 50.5 Å². The zero-order valence-electron chi connectivity index (χ0n) is 15.0. The van der Waals surface area contributed by atoms with E-state index >= 15 is 0 Å². The second-order valence-corrected chi connectivity index (χ2v) is 7.65. The van der Waals surface area contributed by atoms with Gasteiger partial charge in [-0.1, -0.05) is 53.5 Å². The second-order valence-electron chi connectivity index (χ2n) is 6.81. The zero-order valence-corrected chi connectivity index (χ0v) is 16.5. The van der Waals surface area contributed by atoms with Gasteiger partial charge in [-0.05, 0) is 36.4 Å². The first kappa shape index (κ1) is 18.0. The molecule has 2 heterocycles. The Morgan fingerprint density at radius 1 is 0.759 bits per heavy atom. The number of amides is 2. The summed E-state index contributed by atoms with van der Waals surface area (Å²) in [5, 5.41) is 1.90. The van der Waals surface area contributed by atoms with Crippen LogP contribution in [0.15, 0.2) is 71.1 Å². The van der Waals surface area contributed by atoms with Crippen LogP contribution in [-0.4, -0.2) is 16.7 Å². The Kier molecular flexibility index (Phi) is 4.19. The fourth-order valence-corrected chi connectivity index (χ4v) is 4.13. The molecule has 4 aromatic rings. The molecule has 1 aliphatic heterocycles. The molecule has 0 radical (unpaired) electrons. The molecule has 0 unspecified atom stereocenters. The third-order valence-corrected chi connectivity index (χ3v) is 5.54. The molecule has 0 spiro atoms. The Bertz CT molecular complexity index is 1270. The maximum atomic E-state index is 12.6. The number of halogens is 2. The van der Waals surface area contributed by atoms with Gasteiger partial charge in [-0.2, -0.15) is 0 Å². The third kappa shape index (κ3) is 2.92. The summed E-state index contributed by atoms with van der Waals surface area (Å²) in [6, 6.07) is 19.6. The van der Waals surface area contributed by atoms with Crippen molar-refractivity contribution < 1.29 is 14.0 Å². The summed E-state index contributed by atoms with van der Waals surface area (Å²) in [6.45, 7) is 0.0423. The lowest BCUT2D eigenvalue weighted by Crippen LogP contribution is -2.28. The maximum absolute atomic E-state index is 12.6. The number of imide groups is 1. The average molecular weight is 422 g/mol. The Morgan fingerprint density at radius 3 is 2.03 bits per heavy atom. The minimum Gasteiger partial charge on any atom is -0.459 e. The molecule has 4 nitrogen and oxygen atoms in total. The molecular weight excluding hydrogens is 409 g/mol. The molecule has 1 aliphatic rings. The lowest BCUT2D eigenvalue weighted by Gasteiger charge is -2.11. The molecule has 6 heteroatoms. The Hall–Kier alpha value is -3.08. The van der Waals surface area contributed by atoms with E-state index in [4.69, 9.17) is 27.6 Å². The van der Waals surface area contributed by atoms with Crippen molar-refractivity contribution in [3.05, 3.63) is 93.7 Å². The van der Waals surface area contributed by atoms with Crippen LogP contribution >= 0.6 is 23.2 Å². The molecule has 0 N–H and O–H groups in total. The Morgan fingerprint density at radius 2 is 1.38 bits per heavy atom. The Labute approximate surface area is 176 Å². The van der Waals surface area contributed by atoms with Gasteiger partial charge in [0.1, 0.15) is 11.3 Å². The minimum atomic E-state index is -0.324. The summed E-state index contributed by atoms with van der Waals surface area (Å²) < 4.78 is 6.06. The zero-order chi connectivity index (χ0) is 20.1. The van der Waals surface area contributed by atoms with E-state index in [2.05, 4.69) is 0 Å². The highest BCUT2D eigenvalue weighted by Crippen LogP contribution is 2.38. The molecule has 1 aromatic heterocycles. The lowest BCUT2D eigenvalue weighted by molar-refractivity contribution is 0.0632. The molecule has 0 aliphatic carbocycles. The number of carbonyl (C=O) groups is 2. The average Bonchev–Trinajstić information content (AvgIpc) is 3.22. The van der Waals surface area contributed by atoms with Crippen molar-refractivity contribution in [2.24, 2.45) is 0 Å². The van der Waals surface area contributed by atoms with Crippen LogP contribution < -0.4 is 0 Å². The number of furan rings is 1. The maximum Gasteiger partial charge on any atom is 0.261 e. The number of hydrogen-bond acceptors (Lipinski definition) is 3. The van der Waals surface area contributed by atoms with Crippen molar-refractivity contribution >= 4 is 46.0 Å². The second kappa shape index (κ2) is 6.76. The fourth-order valence-electron chi connectivity index (χ4n) is 3.67. The fraction of sp³-hybridized carbons (Fsp3) is 0.0435. The van der Waals surface area contributed by atoms with Gasteiger partial charge in [0.05, 0.1) is 17.7 Å². The lowest BCUT2D eigenvalue weighted by atomic mass is 10.0. The molecule has 29 heavy (non-hydrogen) atoms. The summed E-state index contributed by atoms with van der Waals surface area (Å²) in [7, 11) is 0. The van der Waals surface area contributed by atoms with E-state index in [1.807, 2.05) is 18.2 Å². The smallest absolute Gasteiger partial charge is 0.261 e. The summed E-state index contributed by atoms with van der Waals surface area (Å²) in [4.78, 5) is 26.5. The highest BCUT2D eigenvalue weighted by atomic mass is 35.5. The van der Waals surface area contributed by atoms with Crippen molar-refractivity contribution in [1.29, 1.82) is 0 Å². The van der Waals surface area contributed by atoms with Crippen molar-refractivity contribution in [2.75, 3.05) is 0 Å². The van der Waals surface area contributed by atoms with Crippen LogP contribution in [0.3, 0.4) is 0 Å². The summed E-state index contributed by atoms with van der Waals surface area (Å²) in [5.41, 5.74) is 2.98. The first-order valence-corrected chi connectivity index (χ1v) is 9.70. The molecule has 0 saturated carbocycles. The molecule has 142 valence electrons. The summed E-state index contributed by atoms with van der Waals surface area (Å²) in [5.74, 6) is -0.157. The van der Waals surface area contributed by atoms with Gasteiger partial charge in [-0.3, -0.25) is 14.5 Å². The van der Waals surface area contributed by atoms with E-state index in [0.717, 1.165) is 16.5 Å². The first-order chi connectivity index (χ1) is 14.0. The monoisotopic (exact) mass is 421 g/mol. The van der Waals surface area contributed by atoms with Gasteiger partial charge in [0, 0.05) is 26.6 Å². The highest BCUT2D eigenvalue weighted by Gasteiger charge is 2.35. The molecular formula is C23H13Cl2NO3. The molecule has 5 rings (SSSR count). The van der Waals surface area contributed by atoms with Gasteiger partial charge in [-0.15, -0.1) is 0 Å². The number of carbonyl (C=O) groups excluding carboxylic acids is 2. The SMILES string of the molecule is O=C1c2ccccc2C(=O)N1Cc1cc2cc(Cl)cc(-c3ccccc3Cl)c2o1. The van der Waals surface area contributed by atoms with Crippen LogP contribution in [0.5, 0.6) is 0 Å². The third-order valence-electron chi connectivity index (χ3n) is 4.99. The quantitative estimate of drug-likeness (QED) is 0.369. The van der Waals surface area contributed by atoms with E-state index in [1.165, 1.54) is 4.90 Å². The normalized spacial score (nSPS) is 13.4. The summed E-state index contributed by atoms with van der Waals surface area (Å²) in [6.07, 6.45) is 0. The van der Waals surface area contributed by atoms with Gasteiger partial charge < -0.3 is 4.42 Å².